The Kier molecular flexibility index (Phi) is 5.79. The molecule has 0 aliphatic carbocycles. The average Bonchev–Trinajstić information content (AvgIpc) is 3.05. The molecule has 0 radical (unpaired) electrons. The molecule has 7 heteroatoms. The highest BCUT2D eigenvalue weighted by atomic mass is 32.2. The summed E-state index contributed by atoms with van der Waals surface area (Å²) in [6.07, 6.45) is 0. The van der Waals surface area contributed by atoms with Crippen molar-refractivity contribution in [3.8, 4) is 0 Å². The number of benzene rings is 1. The summed E-state index contributed by atoms with van der Waals surface area (Å²) < 4.78 is 33.0. The lowest BCUT2D eigenvalue weighted by Gasteiger charge is -2.22. The third-order valence-corrected chi connectivity index (χ3v) is 6.24. The normalized spacial score (nSPS) is 13.0. The topological polar surface area (TPSA) is 72.5 Å². The van der Waals surface area contributed by atoms with Gasteiger partial charge in [-0.15, -0.1) is 11.3 Å². The Bertz CT molecular complexity index is 811. The van der Waals surface area contributed by atoms with Gasteiger partial charge in [-0.2, -0.15) is 0 Å². The van der Waals surface area contributed by atoms with Crippen molar-refractivity contribution in [1.29, 1.82) is 0 Å². The van der Waals surface area contributed by atoms with Gasteiger partial charge in [0.25, 0.3) is 0 Å². The molecule has 0 aliphatic heterocycles. The number of esters is 1. The summed E-state index contributed by atoms with van der Waals surface area (Å²) in [7, 11) is -2.42. The van der Waals surface area contributed by atoms with E-state index in [0.29, 0.717) is 11.1 Å². The van der Waals surface area contributed by atoms with Gasteiger partial charge in [0, 0.05) is 4.88 Å². The molecule has 0 spiro atoms. The minimum atomic E-state index is -3.71. The van der Waals surface area contributed by atoms with Gasteiger partial charge in [0.05, 0.1) is 23.6 Å². The quantitative estimate of drug-likeness (QED) is 0.793. The van der Waals surface area contributed by atoms with Crippen molar-refractivity contribution < 1.29 is 17.9 Å². The lowest BCUT2D eigenvalue weighted by Crippen LogP contribution is -2.31. The van der Waals surface area contributed by atoms with Crippen molar-refractivity contribution in [3.05, 3.63) is 51.7 Å². The number of hydrogen-bond donors (Lipinski definition) is 1. The van der Waals surface area contributed by atoms with Gasteiger partial charge in [-0.1, -0.05) is 19.9 Å². The molecule has 0 aliphatic rings. The summed E-state index contributed by atoms with van der Waals surface area (Å²) in [4.78, 5) is 12.7. The molecular weight excluding hydrogens is 346 g/mol. The zero-order valence-electron chi connectivity index (χ0n) is 14.1. The number of sulfonamides is 1. The van der Waals surface area contributed by atoms with Crippen molar-refractivity contribution in [2.24, 2.45) is 5.92 Å². The van der Waals surface area contributed by atoms with E-state index in [1.807, 2.05) is 31.4 Å². The molecule has 2 rings (SSSR count). The molecule has 0 saturated carbocycles. The SMILES string of the molecule is COC(=O)c1ccc(S(=O)(=O)NC(c2cccs2)C(C)C)c(C)c1. The number of carbonyl (C=O) groups is 1. The Hall–Kier alpha value is -1.70. The van der Waals surface area contributed by atoms with Gasteiger partial charge >= 0.3 is 5.97 Å². The highest BCUT2D eigenvalue weighted by Crippen LogP contribution is 2.28. The predicted octanol–water partition coefficient (Wildman–Crippen LogP) is 3.52. The summed E-state index contributed by atoms with van der Waals surface area (Å²) in [6.45, 7) is 5.61. The fourth-order valence-corrected chi connectivity index (χ4v) is 5.03. The third-order valence-electron chi connectivity index (χ3n) is 3.68. The number of carbonyl (C=O) groups excluding carboxylic acids is 1. The molecule has 1 heterocycles. The second-order valence-corrected chi connectivity index (χ2v) is 8.49. The van der Waals surface area contributed by atoms with E-state index in [4.69, 9.17) is 0 Å². The second-order valence-electron chi connectivity index (χ2n) is 5.83. The van der Waals surface area contributed by atoms with Gasteiger partial charge in [-0.05, 0) is 48.1 Å². The maximum atomic E-state index is 12.8. The first kappa shape index (κ1) is 18.6. The van der Waals surface area contributed by atoms with E-state index in [2.05, 4.69) is 9.46 Å². The number of aryl methyl sites for hydroxylation is 1. The maximum absolute atomic E-state index is 12.8. The molecule has 1 unspecified atom stereocenters. The van der Waals surface area contributed by atoms with E-state index >= 15 is 0 Å². The molecule has 0 amide bonds. The smallest absolute Gasteiger partial charge is 0.337 e. The number of ether oxygens (including phenoxy) is 1. The van der Waals surface area contributed by atoms with Crippen LogP contribution in [-0.4, -0.2) is 21.5 Å². The van der Waals surface area contributed by atoms with Crippen LogP contribution in [0.15, 0.2) is 40.6 Å². The standard InChI is InChI=1S/C17H21NO4S2/c1-11(2)16(14-6-5-9-23-14)18-24(20,21)15-8-7-13(10-12(15)3)17(19)22-4/h5-11,16,18H,1-4H3. The van der Waals surface area contributed by atoms with Crippen molar-refractivity contribution in [2.45, 2.75) is 31.7 Å². The van der Waals surface area contributed by atoms with Crippen molar-refractivity contribution in [3.63, 3.8) is 0 Å². The van der Waals surface area contributed by atoms with Gasteiger partial charge in [0.2, 0.25) is 10.0 Å². The Morgan fingerprint density at radius 2 is 1.96 bits per heavy atom. The van der Waals surface area contributed by atoms with E-state index in [1.54, 1.807) is 6.92 Å². The molecule has 1 N–H and O–H groups in total. The molecule has 0 fully saturated rings. The Morgan fingerprint density at radius 1 is 1.25 bits per heavy atom. The number of hydrogen-bond acceptors (Lipinski definition) is 5. The fraction of sp³-hybridized carbons (Fsp3) is 0.353. The minimum absolute atomic E-state index is 0.105. The van der Waals surface area contributed by atoms with Crippen molar-refractivity contribution in [1.82, 2.24) is 4.72 Å². The lowest BCUT2D eigenvalue weighted by molar-refractivity contribution is 0.0600. The summed E-state index contributed by atoms with van der Waals surface area (Å²) in [6, 6.07) is 7.95. The largest absolute Gasteiger partial charge is 0.465 e. The predicted molar refractivity (Wildman–Crippen MR) is 94.7 cm³/mol. The second kappa shape index (κ2) is 7.46. The van der Waals surface area contributed by atoms with Crippen LogP contribution in [0, 0.1) is 12.8 Å². The fourth-order valence-electron chi connectivity index (χ4n) is 2.42. The summed E-state index contributed by atoms with van der Waals surface area (Å²) in [5.41, 5.74) is 0.826. The molecule has 5 nitrogen and oxygen atoms in total. The Morgan fingerprint density at radius 3 is 2.46 bits per heavy atom. The average molecular weight is 367 g/mol. The molecule has 130 valence electrons. The number of methoxy groups -OCH3 is 1. The van der Waals surface area contributed by atoms with Crippen LogP contribution in [0.4, 0.5) is 0 Å². The monoisotopic (exact) mass is 367 g/mol. The van der Waals surface area contributed by atoms with Crippen LogP contribution in [-0.2, 0) is 14.8 Å². The first-order valence-corrected chi connectivity index (χ1v) is 9.87. The molecule has 2 aromatic rings. The van der Waals surface area contributed by atoms with Gasteiger partial charge < -0.3 is 4.74 Å². The molecule has 1 aromatic carbocycles. The van der Waals surface area contributed by atoms with Crippen LogP contribution in [0.25, 0.3) is 0 Å². The highest BCUT2D eigenvalue weighted by molar-refractivity contribution is 7.89. The molecule has 1 aromatic heterocycles. The van der Waals surface area contributed by atoms with Crippen LogP contribution in [0.1, 0.15) is 40.7 Å². The van der Waals surface area contributed by atoms with E-state index in [9.17, 15) is 13.2 Å². The van der Waals surface area contributed by atoms with Gasteiger partial charge in [-0.3, -0.25) is 0 Å². The summed E-state index contributed by atoms with van der Waals surface area (Å²) >= 11 is 1.52. The maximum Gasteiger partial charge on any atom is 0.337 e. The van der Waals surface area contributed by atoms with Gasteiger partial charge in [0.1, 0.15) is 0 Å². The molecule has 24 heavy (non-hydrogen) atoms. The zero-order valence-corrected chi connectivity index (χ0v) is 15.7. The summed E-state index contributed by atoms with van der Waals surface area (Å²) in [5.74, 6) is -0.387. The lowest BCUT2D eigenvalue weighted by atomic mass is 10.0. The van der Waals surface area contributed by atoms with Crippen LogP contribution in [0.2, 0.25) is 0 Å². The first-order chi connectivity index (χ1) is 11.3. The van der Waals surface area contributed by atoms with Crippen LogP contribution in [0.3, 0.4) is 0 Å². The zero-order chi connectivity index (χ0) is 17.9. The van der Waals surface area contributed by atoms with E-state index in [0.717, 1.165) is 4.88 Å². The number of rotatable bonds is 6. The van der Waals surface area contributed by atoms with E-state index < -0.39 is 16.0 Å². The third kappa shape index (κ3) is 4.03. The first-order valence-electron chi connectivity index (χ1n) is 7.51. The van der Waals surface area contributed by atoms with Crippen molar-refractivity contribution in [2.75, 3.05) is 7.11 Å². The molecule has 0 bridgehead atoms. The molecular formula is C17H21NO4S2. The number of nitrogens with one attached hydrogen (secondary N) is 1. The molecule has 0 saturated heterocycles. The van der Waals surface area contributed by atoms with Crippen LogP contribution >= 0.6 is 11.3 Å². The van der Waals surface area contributed by atoms with Crippen LogP contribution in [0.5, 0.6) is 0 Å². The summed E-state index contributed by atoms with van der Waals surface area (Å²) in [5, 5.41) is 1.93. The Balaban J connectivity index is 2.34. The number of thiophene rings is 1. The van der Waals surface area contributed by atoms with Gasteiger partial charge in [0.15, 0.2) is 0 Å². The molecule has 1 atom stereocenters. The Labute approximate surface area is 146 Å². The van der Waals surface area contributed by atoms with E-state index in [-0.39, 0.29) is 16.9 Å². The van der Waals surface area contributed by atoms with Gasteiger partial charge in [-0.25, -0.2) is 17.9 Å². The van der Waals surface area contributed by atoms with Crippen molar-refractivity contribution >= 4 is 27.3 Å². The van der Waals surface area contributed by atoms with Crippen LogP contribution < -0.4 is 4.72 Å². The van der Waals surface area contributed by atoms with E-state index in [1.165, 1.54) is 36.6 Å². The highest BCUT2D eigenvalue weighted by Gasteiger charge is 2.26. The minimum Gasteiger partial charge on any atom is -0.465 e.